The van der Waals surface area contributed by atoms with Crippen molar-refractivity contribution in [2.24, 2.45) is 0 Å². The van der Waals surface area contributed by atoms with Gasteiger partial charge in [-0.3, -0.25) is 9.88 Å². The minimum Gasteiger partial charge on any atom is -0.308 e. The zero-order valence-electron chi connectivity index (χ0n) is 19.2. The van der Waals surface area contributed by atoms with E-state index in [2.05, 4.69) is 46.5 Å². The van der Waals surface area contributed by atoms with Crippen LogP contribution in [0, 0.1) is 0 Å². The molecule has 0 fully saturated rings. The third-order valence-electron chi connectivity index (χ3n) is 5.44. The number of para-hydroxylation sites is 2. The van der Waals surface area contributed by atoms with Gasteiger partial charge in [-0.15, -0.1) is 0 Å². The lowest BCUT2D eigenvalue weighted by atomic mass is 9.92. The molecule has 0 saturated heterocycles. The van der Waals surface area contributed by atoms with E-state index in [1.807, 2.05) is 77.4 Å². The number of nitrogens with zero attached hydrogens (tertiary/aromatic N) is 5. The van der Waals surface area contributed by atoms with Crippen molar-refractivity contribution in [1.82, 2.24) is 24.3 Å². The fourth-order valence-corrected chi connectivity index (χ4v) is 3.64. The van der Waals surface area contributed by atoms with E-state index < -0.39 is 0 Å². The van der Waals surface area contributed by atoms with Gasteiger partial charge < -0.3 is 5.32 Å². The van der Waals surface area contributed by atoms with Gasteiger partial charge in [0.25, 0.3) is 0 Å². The maximum Gasteiger partial charge on any atom is 0.324 e. The smallest absolute Gasteiger partial charge is 0.308 e. The highest BCUT2D eigenvalue weighted by atomic mass is 16.2. The van der Waals surface area contributed by atoms with Crippen molar-refractivity contribution in [3.05, 3.63) is 91.0 Å². The van der Waals surface area contributed by atoms with Gasteiger partial charge >= 0.3 is 6.03 Å². The van der Waals surface area contributed by atoms with Gasteiger partial charge in [0.1, 0.15) is 12.1 Å². The van der Waals surface area contributed by atoms with Crippen LogP contribution in [0.2, 0.25) is 0 Å². The Hall–Kier alpha value is -4.46. The maximum atomic E-state index is 12.8. The molecular weight excluding hydrogens is 426 g/mol. The van der Waals surface area contributed by atoms with Crippen LogP contribution in [-0.4, -0.2) is 30.3 Å². The fourth-order valence-electron chi connectivity index (χ4n) is 3.64. The Bertz CT molecular complexity index is 1440. The van der Waals surface area contributed by atoms with Crippen LogP contribution in [0.25, 0.3) is 22.5 Å². The second-order valence-electron chi connectivity index (χ2n) is 8.99. The van der Waals surface area contributed by atoms with E-state index >= 15 is 0 Å². The molecule has 2 aromatic carbocycles. The third kappa shape index (κ3) is 4.25. The van der Waals surface area contributed by atoms with Crippen molar-refractivity contribution in [3.63, 3.8) is 0 Å². The predicted molar refractivity (Wildman–Crippen MR) is 134 cm³/mol. The molecule has 0 atom stereocenters. The number of hydrogen-bond acceptors (Lipinski definition) is 4. The predicted octanol–water partition coefficient (Wildman–Crippen LogP) is 5.55. The fraction of sp³-hybridized carbons (Fsp3) is 0.154. The summed E-state index contributed by atoms with van der Waals surface area (Å²) in [7, 11) is 0. The summed E-state index contributed by atoms with van der Waals surface area (Å²) in [4.78, 5) is 21.6. The van der Waals surface area contributed by atoms with Gasteiger partial charge in [-0.1, -0.05) is 39.0 Å². The molecule has 0 aliphatic heterocycles. The number of carbonyl (C=O) groups is 1. The van der Waals surface area contributed by atoms with Crippen LogP contribution < -0.4 is 10.6 Å². The Kier molecular flexibility index (Phi) is 5.33. The lowest BCUT2D eigenvalue weighted by Gasteiger charge is -2.13. The number of anilines is 2. The first-order valence-corrected chi connectivity index (χ1v) is 11.0. The summed E-state index contributed by atoms with van der Waals surface area (Å²) >= 11 is 0. The summed E-state index contributed by atoms with van der Waals surface area (Å²) in [5.74, 6) is 1.17. The molecule has 0 radical (unpaired) electrons. The van der Waals surface area contributed by atoms with E-state index in [-0.39, 0.29) is 11.4 Å². The highest BCUT2D eigenvalue weighted by molar-refractivity contribution is 5.99. The Labute approximate surface area is 197 Å². The highest BCUT2D eigenvalue weighted by Gasteiger charge is 2.22. The molecule has 0 spiro atoms. The maximum absolute atomic E-state index is 12.8. The van der Waals surface area contributed by atoms with Crippen molar-refractivity contribution in [3.8, 4) is 11.5 Å². The van der Waals surface area contributed by atoms with E-state index in [1.54, 1.807) is 17.2 Å². The summed E-state index contributed by atoms with van der Waals surface area (Å²) in [5, 5.41) is 10.5. The summed E-state index contributed by atoms with van der Waals surface area (Å²) in [5.41, 5.74) is 4.26. The molecule has 0 unspecified atom stereocenters. The van der Waals surface area contributed by atoms with E-state index in [9.17, 15) is 4.79 Å². The van der Waals surface area contributed by atoms with Crippen molar-refractivity contribution >= 4 is 28.6 Å². The molecule has 2 amide bonds. The van der Waals surface area contributed by atoms with Crippen LogP contribution in [0.15, 0.2) is 85.3 Å². The van der Waals surface area contributed by atoms with Gasteiger partial charge in [-0.25, -0.2) is 14.8 Å². The quantitative estimate of drug-likeness (QED) is 0.375. The molecule has 5 rings (SSSR count). The van der Waals surface area contributed by atoms with Gasteiger partial charge in [0.15, 0.2) is 5.82 Å². The van der Waals surface area contributed by atoms with Crippen molar-refractivity contribution in [2.75, 3.05) is 10.6 Å². The van der Waals surface area contributed by atoms with Crippen LogP contribution in [0.3, 0.4) is 0 Å². The number of fused-ring (bicyclic) bond motifs is 1. The van der Waals surface area contributed by atoms with Crippen LogP contribution in [0.5, 0.6) is 0 Å². The first-order valence-electron chi connectivity index (χ1n) is 11.0. The number of aromatic nitrogens is 5. The normalized spacial score (nSPS) is 11.5. The number of hydrogen-bond donors (Lipinski definition) is 2. The Morgan fingerprint density at radius 3 is 2.38 bits per heavy atom. The van der Waals surface area contributed by atoms with Crippen molar-refractivity contribution in [1.29, 1.82) is 0 Å². The first-order chi connectivity index (χ1) is 16.4. The Morgan fingerprint density at radius 1 is 0.882 bits per heavy atom. The average Bonchev–Trinajstić information content (AvgIpc) is 3.45. The lowest BCUT2D eigenvalue weighted by molar-refractivity contribution is 0.262. The molecule has 3 aromatic heterocycles. The number of pyridine rings is 1. The van der Waals surface area contributed by atoms with Crippen molar-refractivity contribution < 1.29 is 4.79 Å². The molecule has 3 heterocycles. The molecule has 0 aliphatic carbocycles. The monoisotopic (exact) mass is 451 g/mol. The van der Waals surface area contributed by atoms with E-state index in [1.165, 1.54) is 0 Å². The number of carbonyl (C=O) groups excluding carboxylic acids is 1. The lowest BCUT2D eigenvalue weighted by Crippen LogP contribution is -2.21. The average molecular weight is 452 g/mol. The number of amides is 2. The van der Waals surface area contributed by atoms with Crippen LogP contribution in [-0.2, 0) is 5.41 Å². The minimum absolute atomic E-state index is 0.180. The van der Waals surface area contributed by atoms with Crippen LogP contribution in [0.4, 0.5) is 16.3 Å². The summed E-state index contributed by atoms with van der Waals surface area (Å²) in [6.45, 7) is 6.23. The van der Waals surface area contributed by atoms with E-state index in [4.69, 9.17) is 0 Å². The van der Waals surface area contributed by atoms with Crippen LogP contribution in [0.1, 0.15) is 26.5 Å². The molecule has 34 heavy (non-hydrogen) atoms. The van der Waals surface area contributed by atoms with Gasteiger partial charge in [-0.05, 0) is 48.5 Å². The zero-order valence-corrected chi connectivity index (χ0v) is 19.2. The second-order valence-corrected chi connectivity index (χ2v) is 8.99. The SMILES string of the molecule is CC(C)(C)c1cc(NC(=O)Nc2ccc(-n3cnc4ccccc43)cc2)n(-c2ccccn2)n1. The second kappa shape index (κ2) is 8.47. The van der Waals surface area contributed by atoms with Gasteiger partial charge in [0, 0.05) is 29.1 Å². The molecule has 0 bridgehead atoms. The first kappa shape index (κ1) is 21.4. The molecule has 8 nitrogen and oxygen atoms in total. The standard InChI is InChI=1S/C26H25N7O/c1-26(2,3)22-16-24(33(31-22)23-10-6-7-15-27-23)30-25(34)29-18-11-13-19(14-12-18)32-17-28-20-8-4-5-9-21(20)32/h4-17H,1-3H3,(H2,29,30,34). The molecule has 5 aromatic rings. The Morgan fingerprint density at radius 2 is 1.65 bits per heavy atom. The number of benzene rings is 2. The number of nitrogens with one attached hydrogen (secondary N) is 2. The summed E-state index contributed by atoms with van der Waals surface area (Å²) < 4.78 is 3.66. The van der Waals surface area contributed by atoms with Gasteiger partial charge in [0.2, 0.25) is 0 Å². The van der Waals surface area contributed by atoms with Gasteiger partial charge in [-0.2, -0.15) is 9.78 Å². The topological polar surface area (TPSA) is 89.7 Å². The molecule has 0 saturated carbocycles. The molecule has 8 heteroatoms. The number of urea groups is 1. The summed E-state index contributed by atoms with van der Waals surface area (Å²) in [6.07, 6.45) is 3.49. The van der Waals surface area contributed by atoms with Gasteiger partial charge in [0.05, 0.1) is 16.7 Å². The van der Waals surface area contributed by atoms with Crippen molar-refractivity contribution in [2.45, 2.75) is 26.2 Å². The molecular formula is C26H25N7O. The third-order valence-corrected chi connectivity index (χ3v) is 5.44. The van der Waals surface area contributed by atoms with E-state index in [0.717, 1.165) is 22.4 Å². The minimum atomic E-state index is -0.363. The highest BCUT2D eigenvalue weighted by Crippen LogP contribution is 2.26. The molecule has 170 valence electrons. The molecule has 0 aliphatic rings. The molecule has 2 N–H and O–H groups in total. The number of rotatable bonds is 4. The number of imidazole rings is 1. The summed E-state index contributed by atoms with van der Waals surface area (Å²) in [6, 6.07) is 22.7. The van der Waals surface area contributed by atoms with Crippen LogP contribution >= 0.6 is 0 Å². The largest absolute Gasteiger partial charge is 0.324 e. The Balaban J connectivity index is 1.35. The zero-order chi connectivity index (χ0) is 23.7. The van der Waals surface area contributed by atoms with E-state index in [0.29, 0.717) is 17.3 Å².